The van der Waals surface area contributed by atoms with E-state index in [4.69, 9.17) is 0 Å². The Balaban J connectivity index is 0.000000437. The van der Waals surface area contributed by atoms with Gasteiger partial charge in [0.05, 0.1) is 17.6 Å². The van der Waals surface area contributed by atoms with Crippen molar-refractivity contribution in [3.05, 3.63) is 60.4 Å². The Bertz CT molecular complexity index is 393. The summed E-state index contributed by atoms with van der Waals surface area (Å²) in [6, 6.07) is 15.6. The van der Waals surface area contributed by atoms with Gasteiger partial charge in [0.25, 0.3) is 0 Å². The second-order valence-electron chi connectivity index (χ2n) is 2.89. The van der Waals surface area contributed by atoms with Crippen LogP contribution in [0.5, 0.6) is 0 Å². The minimum atomic E-state index is 0.872. The molecule has 1 aromatic heterocycles. The van der Waals surface area contributed by atoms with Crippen LogP contribution in [-0.2, 0) is 10.9 Å². The zero-order valence-electron chi connectivity index (χ0n) is 8.74. The maximum absolute atomic E-state index is 4.29. The molecule has 0 radical (unpaired) electrons. The average Bonchev–Trinajstić information content (AvgIpc) is 2.40. The number of aliphatic imine (C=N–C) groups is 1. The third kappa shape index (κ3) is 6.72. The summed E-state index contributed by atoms with van der Waals surface area (Å²) in [6.45, 7) is 0. The molecule has 0 fully saturated rings. The standard InChI is InChI=1S/C12H10N2.2BrH.Ni/c1-2-6-11(7-3-1)14-10-12-8-4-5-9-13-12;;;/h1-10H;2*1H;/q;;;+2/p-2. The Morgan fingerprint density at radius 2 is 1.65 bits per heavy atom. The van der Waals surface area contributed by atoms with Gasteiger partial charge in [0.15, 0.2) is 0 Å². The molecule has 92 valence electrons. The molecule has 17 heavy (non-hydrogen) atoms. The number of halogens is 2. The molecule has 2 aromatic rings. The van der Waals surface area contributed by atoms with E-state index in [1.54, 1.807) is 12.4 Å². The monoisotopic (exact) mass is 398 g/mol. The van der Waals surface area contributed by atoms with Crippen molar-refractivity contribution in [3.63, 3.8) is 0 Å². The quantitative estimate of drug-likeness (QED) is 0.537. The molecule has 0 aliphatic heterocycles. The van der Waals surface area contributed by atoms with Crippen molar-refractivity contribution in [2.75, 3.05) is 0 Å². The molecule has 0 bridgehead atoms. The SMILES string of the molecule is C(=Nc1ccccc1)c1ccccn1.[Br][Ni][Br]. The molecular weight excluding hydrogens is 391 g/mol. The molecular formula is C12H10Br2N2Ni. The third-order valence-corrected chi connectivity index (χ3v) is 1.79. The number of hydrogen-bond donors (Lipinski definition) is 0. The van der Waals surface area contributed by atoms with E-state index >= 15 is 0 Å². The van der Waals surface area contributed by atoms with Crippen LogP contribution in [0.3, 0.4) is 0 Å². The summed E-state index contributed by atoms with van der Waals surface area (Å²) in [4.78, 5) is 8.43. The Kier molecular flexibility index (Phi) is 8.15. The Morgan fingerprint density at radius 1 is 1.00 bits per heavy atom. The van der Waals surface area contributed by atoms with Crippen molar-refractivity contribution in [1.29, 1.82) is 0 Å². The van der Waals surface area contributed by atoms with E-state index in [9.17, 15) is 0 Å². The number of para-hydroxylation sites is 1. The average molecular weight is 401 g/mol. The normalized spacial score (nSPS) is 10.0. The fraction of sp³-hybridized carbons (Fsp3) is 0. The first-order valence-corrected chi connectivity index (χ1v) is 9.57. The predicted octanol–water partition coefficient (Wildman–Crippen LogP) is 4.52. The number of aromatic nitrogens is 1. The zero-order valence-corrected chi connectivity index (χ0v) is 12.9. The molecule has 0 amide bonds. The summed E-state index contributed by atoms with van der Waals surface area (Å²) in [5.41, 5.74) is 1.81. The summed E-state index contributed by atoms with van der Waals surface area (Å²) in [6.07, 6.45) is 3.52. The van der Waals surface area contributed by atoms with Crippen LogP contribution in [0.25, 0.3) is 0 Å². The van der Waals surface area contributed by atoms with Gasteiger partial charge in [0.2, 0.25) is 0 Å². The van der Waals surface area contributed by atoms with Crippen LogP contribution in [-0.4, -0.2) is 11.2 Å². The Hall–Kier alpha value is -0.506. The fourth-order valence-electron chi connectivity index (χ4n) is 1.11. The van der Waals surface area contributed by atoms with Gasteiger partial charge in [0, 0.05) is 6.20 Å². The molecule has 0 saturated heterocycles. The minimum absolute atomic E-state index is 0.872. The van der Waals surface area contributed by atoms with Crippen molar-refractivity contribution in [3.8, 4) is 0 Å². The molecule has 0 saturated carbocycles. The molecule has 5 heteroatoms. The van der Waals surface area contributed by atoms with Gasteiger partial charge in [0.1, 0.15) is 0 Å². The summed E-state index contributed by atoms with van der Waals surface area (Å²) >= 11 is 6.00. The van der Waals surface area contributed by atoms with E-state index in [0.717, 1.165) is 11.4 Å². The molecule has 2 rings (SSSR count). The molecule has 1 aromatic carbocycles. The number of nitrogens with zero attached hydrogens (tertiary/aromatic N) is 2. The van der Waals surface area contributed by atoms with Gasteiger partial charge in [-0.1, -0.05) is 24.3 Å². The predicted molar refractivity (Wildman–Crippen MR) is 75.8 cm³/mol. The van der Waals surface area contributed by atoms with E-state index < -0.39 is 0 Å². The molecule has 0 N–H and O–H groups in total. The Labute approximate surface area is 121 Å². The second-order valence-corrected chi connectivity index (χ2v) is 7.88. The van der Waals surface area contributed by atoms with Gasteiger partial charge in [-0.15, -0.1) is 0 Å². The van der Waals surface area contributed by atoms with Crippen LogP contribution in [0.1, 0.15) is 5.69 Å². The first kappa shape index (κ1) is 14.6. The van der Waals surface area contributed by atoms with Crippen molar-refractivity contribution in [1.82, 2.24) is 4.98 Å². The van der Waals surface area contributed by atoms with Gasteiger partial charge in [-0.05, 0) is 24.3 Å². The van der Waals surface area contributed by atoms with Crippen molar-refractivity contribution < 1.29 is 10.9 Å². The van der Waals surface area contributed by atoms with Crippen LogP contribution in [0.2, 0.25) is 0 Å². The van der Waals surface area contributed by atoms with Crippen LogP contribution in [0, 0.1) is 0 Å². The van der Waals surface area contributed by atoms with E-state index in [-0.39, 0.29) is 0 Å². The Morgan fingerprint density at radius 3 is 2.24 bits per heavy atom. The summed E-state index contributed by atoms with van der Waals surface area (Å²) < 4.78 is 0. The van der Waals surface area contributed by atoms with Crippen molar-refractivity contribution in [2.24, 2.45) is 4.99 Å². The summed E-state index contributed by atoms with van der Waals surface area (Å²) in [7, 11) is 1.25. The molecule has 0 unspecified atom stereocenters. The number of rotatable bonds is 2. The topological polar surface area (TPSA) is 25.2 Å². The first-order chi connectivity index (χ1) is 8.36. The zero-order chi connectivity index (χ0) is 12.3. The van der Waals surface area contributed by atoms with Crippen LogP contribution in [0.15, 0.2) is 59.7 Å². The number of hydrogen-bond acceptors (Lipinski definition) is 2. The molecule has 0 aliphatic rings. The molecule has 1 heterocycles. The summed E-state index contributed by atoms with van der Waals surface area (Å²) in [5, 5.41) is 0. The van der Waals surface area contributed by atoms with Crippen molar-refractivity contribution in [2.45, 2.75) is 0 Å². The molecule has 0 atom stereocenters. The van der Waals surface area contributed by atoms with Crippen LogP contribution < -0.4 is 0 Å². The van der Waals surface area contributed by atoms with Gasteiger partial charge in [-0.25, -0.2) is 0 Å². The number of benzene rings is 1. The van der Waals surface area contributed by atoms with Gasteiger partial charge in [-0.3, -0.25) is 9.98 Å². The molecule has 0 spiro atoms. The number of pyridine rings is 1. The van der Waals surface area contributed by atoms with Gasteiger partial charge < -0.3 is 0 Å². The fourth-order valence-corrected chi connectivity index (χ4v) is 1.11. The molecule has 0 aliphatic carbocycles. The maximum atomic E-state index is 4.29. The first-order valence-electron chi connectivity index (χ1n) is 4.69. The van der Waals surface area contributed by atoms with Crippen LogP contribution in [0.4, 0.5) is 5.69 Å². The van der Waals surface area contributed by atoms with Crippen molar-refractivity contribution >= 4 is 40.4 Å². The molecule has 2 nitrogen and oxygen atoms in total. The second kappa shape index (κ2) is 9.52. The van der Waals surface area contributed by atoms with E-state index in [1.165, 1.54) is 10.9 Å². The van der Waals surface area contributed by atoms with E-state index in [0.29, 0.717) is 0 Å². The van der Waals surface area contributed by atoms with E-state index in [2.05, 4.69) is 38.4 Å². The van der Waals surface area contributed by atoms with Gasteiger partial charge >= 0.3 is 39.3 Å². The van der Waals surface area contributed by atoms with Crippen LogP contribution >= 0.6 is 28.5 Å². The van der Waals surface area contributed by atoms with E-state index in [1.807, 2.05) is 48.5 Å². The third-order valence-electron chi connectivity index (χ3n) is 1.79. The van der Waals surface area contributed by atoms with Gasteiger partial charge in [-0.2, -0.15) is 0 Å². The summed E-state index contributed by atoms with van der Waals surface area (Å²) in [5.74, 6) is 0.